The summed E-state index contributed by atoms with van der Waals surface area (Å²) in [6.07, 6.45) is 0. The largest absolute Gasteiger partial charge is 0.368 e. The first kappa shape index (κ1) is 11.2. The topological polar surface area (TPSA) is 103 Å². The summed E-state index contributed by atoms with van der Waals surface area (Å²) in [6.45, 7) is 0. The number of hydrogen-bond donors (Lipinski definition) is 2. The highest BCUT2D eigenvalue weighted by Gasteiger charge is 2.22. The second-order valence-electron chi connectivity index (χ2n) is 2.72. The van der Waals surface area contributed by atoms with Gasteiger partial charge in [0, 0.05) is 0 Å². The number of primary amides is 1. The van der Waals surface area contributed by atoms with Crippen LogP contribution in [0.5, 0.6) is 0 Å². The van der Waals surface area contributed by atoms with Crippen LogP contribution in [-0.4, -0.2) is 26.1 Å². The fraction of sp³-hybridized carbons (Fsp3) is 0.286. The Hall–Kier alpha value is -0.920. The van der Waals surface area contributed by atoms with Crippen molar-refractivity contribution in [1.29, 1.82) is 0 Å². The lowest BCUT2D eigenvalue weighted by molar-refractivity contribution is -0.118. The van der Waals surface area contributed by atoms with Crippen molar-refractivity contribution in [2.45, 2.75) is 10.3 Å². The van der Waals surface area contributed by atoms with Crippen molar-refractivity contribution in [3.63, 3.8) is 0 Å². The molecule has 0 fully saturated rings. The fourth-order valence-corrected chi connectivity index (χ4v) is 3.33. The number of carbonyl (C=O) groups is 1. The molecule has 0 bridgehead atoms. The van der Waals surface area contributed by atoms with E-state index in [9.17, 15) is 13.2 Å². The maximum Gasteiger partial charge on any atom is 0.235 e. The van der Waals surface area contributed by atoms with Crippen molar-refractivity contribution in [1.82, 2.24) is 0 Å². The van der Waals surface area contributed by atoms with Crippen LogP contribution in [0.1, 0.15) is 0 Å². The number of sulfone groups is 1. The summed E-state index contributed by atoms with van der Waals surface area (Å²) in [5, 5.41) is 1.64. The summed E-state index contributed by atoms with van der Waals surface area (Å²) in [6, 6.07) is 1.93. The van der Waals surface area contributed by atoms with E-state index in [2.05, 4.69) is 0 Å². The first-order valence-corrected chi connectivity index (χ1v) is 6.28. The predicted molar refractivity (Wildman–Crippen MR) is 53.5 cm³/mol. The summed E-state index contributed by atoms with van der Waals surface area (Å²) < 4.78 is 23.3. The van der Waals surface area contributed by atoms with Gasteiger partial charge >= 0.3 is 0 Å². The smallest absolute Gasteiger partial charge is 0.235 e. The van der Waals surface area contributed by atoms with Crippen molar-refractivity contribution in [3.8, 4) is 0 Å². The lowest BCUT2D eigenvalue weighted by atomic mass is 10.3. The van der Waals surface area contributed by atoms with Gasteiger partial charge < -0.3 is 11.5 Å². The number of carbonyl (C=O) groups excluding carboxylic acids is 1. The van der Waals surface area contributed by atoms with E-state index in [1.807, 2.05) is 0 Å². The molecule has 0 aliphatic rings. The second-order valence-corrected chi connectivity index (χ2v) is 5.93. The van der Waals surface area contributed by atoms with Crippen LogP contribution in [0.2, 0.25) is 0 Å². The standard InChI is InChI=1S/C7H10N2O3S2/c8-5(7(9)10)4-14(11,12)6-2-1-3-13-6/h1-3,5H,4,8H2,(H2,9,10). The third-order valence-electron chi connectivity index (χ3n) is 1.57. The quantitative estimate of drug-likeness (QED) is 0.721. The lowest BCUT2D eigenvalue weighted by Gasteiger charge is -2.06. The molecular weight excluding hydrogens is 224 g/mol. The van der Waals surface area contributed by atoms with Crippen LogP contribution in [0.25, 0.3) is 0 Å². The monoisotopic (exact) mass is 234 g/mol. The number of rotatable bonds is 4. The molecule has 0 spiro atoms. The average molecular weight is 234 g/mol. The molecule has 0 aliphatic carbocycles. The molecule has 78 valence electrons. The Morgan fingerprint density at radius 3 is 2.64 bits per heavy atom. The average Bonchev–Trinajstić information content (AvgIpc) is 2.54. The maximum absolute atomic E-state index is 11.5. The highest BCUT2D eigenvalue weighted by Crippen LogP contribution is 2.17. The molecule has 1 atom stereocenters. The lowest BCUT2D eigenvalue weighted by Crippen LogP contribution is -2.41. The number of nitrogens with two attached hydrogens (primary N) is 2. The van der Waals surface area contributed by atoms with Crippen LogP contribution in [0.15, 0.2) is 21.7 Å². The van der Waals surface area contributed by atoms with Crippen LogP contribution < -0.4 is 11.5 Å². The van der Waals surface area contributed by atoms with Crippen molar-refractivity contribution in [2.24, 2.45) is 11.5 Å². The van der Waals surface area contributed by atoms with Crippen molar-refractivity contribution in [3.05, 3.63) is 17.5 Å². The number of amides is 1. The Bertz CT molecular complexity index is 410. The van der Waals surface area contributed by atoms with Gasteiger partial charge in [-0.25, -0.2) is 8.42 Å². The van der Waals surface area contributed by atoms with Gasteiger partial charge in [0.2, 0.25) is 5.91 Å². The molecule has 1 heterocycles. The Morgan fingerprint density at radius 2 is 2.21 bits per heavy atom. The molecule has 5 nitrogen and oxygen atoms in total. The predicted octanol–water partition coefficient (Wildman–Crippen LogP) is -0.666. The van der Waals surface area contributed by atoms with Crippen LogP contribution in [0, 0.1) is 0 Å². The van der Waals surface area contributed by atoms with E-state index in [0.717, 1.165) is 11.3 Å². The van der Waals surface area contributed by atoms with E-state index in [0.29, 0.717) is 0 Å². The fourth-order valence-electron chi connectivity index (χ4n) is 0.841. The molecule has 1 aromatic heterocycles. The van der Waals surface area contributed by atoms with Gasteiger partial charge in [-0.15, -0.1) is 11.3 Å². The molecule has 1 unspecified atom stereocenters. The van der Waals surface area contributed by atoms with Crippen LogP contribution >= 0.6 is 11.3 Å². The Labute approximate surface area is 85.6 Å². The Morgan fingerprint density at radius 1 is 1.57 bits per heavy atom. The number of hydrogen-bond acceptors (Lipinski definition) is 5. The third kappa shape index (κ3) is 2.53. The summed E-state index contributed by atoms with van der Waals surface area (Å²) in [5.41, 5.74) is 10.1. The molecule has 1 rings (SSSR count). The maximum atomic E-state index is 11.5. The van der Waals surface area contributed by atoms with Crippen molar-refractivity contribution < 1.29 is 13.2 Å². The normalized spacial score (nSPS) is 13.8. The second kappa shape index (κ2) is 4.07. The van der Waals surface area contributed by atoms with E-state index in [1.165, 1.54) is 6.07 Å². The van der Waals surface area contributed by atoms with Gasteiger partial charge in [-0.3, -0.25) is 4.79 Å². The minimum atomic E-state index is -3.47. The minimum absolute atomic E-state index is 0.203. The first-order valence-electron chi connectivity index (χ1n) is 3.74. The molecule has 4 N–H and O–H groups in total. The van der Waals surface area contributed by atoms with Gasteiger partial charge in [-0.1, -0.05) is 6.07 Å². The molecule has 1 amide bonds. The molecule has 7 heteroatoms. The highest BCUT2D eigenvalue weighted by molar-refractivity contribution is 7.93. The SMILES string of the molecule is NC(=O)C(N)CS(=O)(=O)c1cccs1. The summed E-state index contributed by atoms with van der Waals surface area (Å²) in [7, 11) is -3.47. The zero-order chi connectivity index (χ0) is 10.8. The van der Waals surface area contributed by atoms with Gasteiger partial charge in [0.25, 0.3) is 0 Å². The van der Waals surface area contributed by atoms with Crippen molar-refractivity contribution >= 4 is 27.1 Å². The minimum Gasteiger partial charge on any atom is -0.368 e. The van der Waals surface area contributed by atoms with E-state index < -0.39 is 27.5 Å². The van der Waals surface area contributed by atoms with Gasteiger partial charge in [0.1, 0.15) is 4.21 Å². The summed E-state index contributed by atoms with van der Waals surface area (Å²) >= 11 is 1.09. The van der Waals surface area contributed by atoms with Gasteiger partial charge in [-0.2, -0.15) is 0 Å². The van der Waals surface area contributed by atoms with Gasteiger partial charge in [-0.05, 0) is 11.4 Å². The third-order valence-corrected chi connectivity index (χ3v) is 4.83. The Kier molecular flexibility index (Phi) is 3.25. The van der Waals surface area contributed by atoms with E-state index in [-0.39, 0.29) is 4.21 Å². The van der Waals surface area contributed by atoms with Crippen LogP contribution in [-0.2, 0) is 14.6 Å². The molecule has 1 aromatic rings. The van der Waals surface area contributed by atoms with Crippen molar-refractivity contribution in [2.75, 3.05) is 5.75 Å². The van der Waals surface area contributed by atoms with E-state index >= 15 is 0 Å². The summed E-state index contributed by atoms with van der Waals surface area (Å²) in [4.78, 5) is 10.6. The highest BCUT2D eigenvalue weighted by atomic mass is 32.2. The van der Waals surface area contributed by atoms with Gasteiger partial charge in [0.05, 0.1) is 11.8 Å². The first-order chi connectivity index (χ1) is 6.43. The molecule has 14 heavy (non-hydrogen) atoms. The number of thiophene rings is 1. The van der Waals surface area contributed by atoms with Crippen LogP contribution in [0.3, 0.4) is 0 Å². The molecule has 0 radical (unpaired) electrons. The summed E-state index contributed by atoms with van der Waals surface area (Å²) in [5.74, 6) is -1.26. The van der Waals surface area contributed by atoms with E-state index in [1.54, 1.807) is 11.4 Å². The zero-order valence-corrected chi connectivity index (χ0v) is 8.85. The zero-order valence-electron chi connectivity index (χ0n) is 7.21. The Balaban J connectivity index is 2.84. The molecule has 0 aromatic carbocycles. The molecular formula is C7H10N2O3S2. The van der Waals surface area contributed by atoms with Gasteiger partial charge in [0.15, 0.2) is 9.84 Å². The molecule has 0 saturated heterocycles. The van der Waals surface area contributed by atoms with Crippen LogP contribution in [0.4, 0.5) is 0 Å². The molecule has 0 aliphatic heterocycles. The van der Waals surface area contributed by atoms with E-state index in [4.69, 9.17) is 11.5 Å². The molecule has 0 saturated carbocycles.